The second kappa shape index (κ2) is 8.77. The number of pyridine rings is 1. The molecule has 0 aliphatic heterocycles. The fourth-order valence-corrected chi connectivity index (χ4v) is 4.46. The molecule has 1 atom stereocenters. The molecule has 0 radical (unpaired) electrons. The number of aromatic nitrogens is 3. The van der Waals surface area contributed by atoms with Gasteiger partial charge in [-0.15, -0.1) is 10.2 Å². The summed E-state index contributed by atoms with van der Waals surface area (Å²) in [6.45, 7) is 6.51. The largest absolute Gasteiger partial charge is 0.377 e. The summed E-state index contributed by atoms with van der Waals surface area (Å²) in [6.07, 6.45) is 0.687. The van der Waals surface area contributed by atoms with Crippen molar-refractivity contribution in [3.8, 4) is 0 Å². The summed E-state index contributed by atoms with van der Waals surface area (Å²) < 4.78 is 5.03. The Hall–Kier alpha value is -2.03. The highest BCUT2D eigenvalue weighted by Gasteiger charge is 2.21. The van der Waals surface area contributed by atoms with Crippen molar-refractivity contribution in [2.75, 3.05) is 12.4 Å². The van der Waals surface area contributed by atoms with Crippen molar-refractivity contribution >= 4 is 45.0 Å². The van der Waals surface area contributed by atoms with Crippen LogP contribution in [0, 0.1) is 13.8 Å². The lowest BCUT2D eigenvalue weighted by atomic mass is 10.1. The number of anilines is 1. The molecule has 3 rings (SSSR count). The molecule has 8 heteroatoms. The van der Waals surface area contributed by atoms with Gasteiger partial charge in [-0.1, -0.05) is 48.2 Å². The molecule has 0 spiro atoms. The Bertz CT molecular complexity index is 958. The number of fused-ring (bicyclic) bond motifs is 1. The van der Waals surface area contributed by atoms with Crippen LogP contribution in [0.15, 0.2) is 29.3 Å². The van der Waals surface area contributed by atoms with Gasteiger partial charge in [-0.25, -0.2) is 4.98 Å². The lowest BCUT2D eigenvalue weighted by molar-refractivity contribution is -0.115. The Morgan fingerprint density at radius 3 is 2.85 bits per heavy atom. The van der Waals surface area contributed by atoms with E-state index in [4.69, 9.17) is 9.72 Å². The Balaban J connectivity index is 1.76. The molecule has 1 amide bonds. The summed E-state index contributed by atoms with van der Waals surface area (Å²) in [4.78, 5) is 17.5. The highest BCUT2D eigenvalue weighted by molar-refractivity contribution is 8.00. The molecule has 0 aliphatic rings. The molecule has 1 unspecified atom stereocenters. The molecule has 0 saturated carbocycles. The first-order chi connectivity index (χ1) is 13.0. The summed E-state index contributed by atoms with van der Waals surface area (Å²) in [6, 6.07) is 8.22. The van der Waals surface area contributed by atoms with Crippen LogP contribution in [0.3, 0.4) is 0 Å². The molecule has 1 aromatic carbocycles. The van der Waals surface area contributed by atoms with Crippen LogP contribution in [0.4, 0.5) is 5.13 Å². The number of nitrogens with zero attached hydrogens (tertiary/aromatic N) is 3. The molecule has 2 heterocycles. The lowest BCUT2D eigenvalue weighted by Gasteiger charge is -2.14. The molecular weight excluding hydrogens is 380 g/mol. The van der Waals surface area contributed by atoms with E-state index in [1.54, 1.807) is 7.11 Å². The number of ether oxygens (including phenoxy) is 1. The molecule has 27 heavy (non-hydrogen) atoms. The van der Waals surface area contributed by atoms with Gasteiger partial charge in [0.2, 0.25) is 11.0 Å². The van der Waals surface area contributed by atoms with E-state index < -0.39 is 0 Å². The molecule has 3 aromatic rings. The first-order valence-electron chi connectivity index (χ1n) is 8.67. The third-order valence-electron chi connectivity index (χ3n) is 4.12. The van der Waals surface area contributed by atoms with Crippen molar-refractivity contribution in [2.45, 2.75) is 44.1 Å². The van der Waals surface area contributed by atoms with Gasteiger partial charge in [0.25, 0.3) is 0 Å². The van der Waals surface area contributed by atoms with E-state index in [9.17, 15) is 4.79 Å². The van der Waals surface area contributed by atoms with Crippen LogP contribution in [-0.4, -0.2) is 33.4 Å². The average molecular weight is 403 g/mol. The first-order valence-corrected chi connectivity index (χ1v) is 10.4. The summed E-state index contributed by atoms with van der Waals surface area (Å²) in [5, 5.41) is 13.8. The van der Waals surface area contributed by atoms with E-state index in [-0.39, 0.29) is 11.2 Å². The van der Waals surface area contributed by atoms with Crippen molar-refractivity contribution in [3.05, 3.63) is 40.4 Å². The standard InChI is InChI=1S/C19H22N4O2S2/c1-5-14(18(24)21-19-23-22-16(27-19)10-25-4)26-15-9-12(3)13-8-6-7-11(2)17(13)20-15/h6-9,14H,5,10H2,1-4H3,(H,21,23,24). The van der Waals surface area contributed by atoms with Crippen LogP contribution in [0.1, 0.15) is 29.5 Å². The van der Waals surface area contributed by atoms with Crippen molar-refractivity contribution in [2.24, 2.45) is 0 Å². The number of carbonyl (C=O) groups excluding carboxylic acids is 1. The fraction of sp³-hybridized carbons (Fsp3) is 0.368. The van der Waals surface area contributed by atoms with Gasteiger partial charge in [-0.05, 0) is 37.5 Å². The minimum atomic E-state index is -0.256. The highest BCUT2D eigenvalue weighted by Crippen LogP contribution is 2.30. The number of methoxy groups -OCH3 is 1. The number of para-hydroxylation sites is 1. The van der Waals surface area contributed by atoms with Crippen molar-refractivity contribution < 1.29 is 9.53 Å². The van der Waals surface area contributed by atoms with Gasteiger partial charge in [0.1, 0.15) is 11.6 Å². The third-order valence-corrected chi connectivity index (χ3v) is 6.21. The van der Waals surface area contributed by atoms with Crippen molar-refractivity contribution in [1.29, 1.82) is 0 Å². The van der Waals surface area contributed by atoms with E-state index >= 15 is 0 Å². The van der Waals surface area contributed by atoms with Gasteiger partial charge in [0.15, 0.2) is 0 Å². The molecule has 0 aliphatic carbocycles. The minimum absolute atomic E-state index is 0.0908. The maximum atomic E-state index is 12.7. The Morgan fingerprint density at radius 1 is 1.30 bits per heavy atom. The molecule has 6 nitrogen and oxygen atoms in total. The number of carbonyl (C=O) groups is 1. The van der Waals surface area contributed by atoms with Crippen LogP contribution < -0.4 is 5.32 Å². The van der Waals surface area contributed by atoms with Gasteiger partial charge < -0.3 is 4.74 Å². The summed E-state index contributed by atoms with van der Waals surface area (Å²) in [7, 11) is 1.60. The number of amides is 1. The van der Waals surface area contributed by atoms with E-state index in [1.165, 1.54) is 23.1 Å². The predicted octanol–water partition coefficient (Wildman–Crippen LogP) is 4.36. The zero-order chi connectivity index (χ0) is 19.4. The smallest absolute Gasteiger partial charge is 0.239 e. The number of thioether (sulfide) groups is 1. The molecule has 0 bridgehead atoms. The van der Waals surface area contributed by atoms with Crippen LogP contribution >= 0.6 is 23.1 Å². The average Bonchev–Trinajstić information content (AvgIpc) is 3.08. The number of rotatable bonds is 7. The summed E-state index contributed by atoms with van der Waals surface area (Å²) in [5.74, 6) is -0.0908. The Kier molecular flexibility index (Phi) is 6.41. The van der Waals surface area contributed by atoms with E-state index in [0.29, 0.717) is 18.2 Å². The van der Waals surface area contributed by atoms with Gasteiger partial charge >= 0.3 is 0 Å². The molecule has 1 N–H and O–H groups in total. The molecule has 0 fully saturated rings. The Labute approximate surface area is 166 Å². The third kappa shape index (κ3) is 4.63. The van der Waals surface area contributed by atoms with E-state index in [1.807, 2.05) is 19.1 Å². The second-order valence-corrected chi connectivity index (χ2v) is 8.47. The molecule has 2 aromatic heterocycles. The van der Waals surface area contributed by atoms with Crippen LogP contribution in [0.5, 0.6) is 0 Å². The summed E-state index contributed by atoms with van der Waals surface area (Å²) >= 11 is 2.80. The minimum Gasteiger partial charge on any atom is -0.377 e. The zero-order valence-electron chi connectivity index (χ0n) is 15.8. The molecular formula is C19H22N4O2S2. The van der Waals surface area contributed by atoms with Gasteiger partial charge in [-0.3, -0.25) is 10.1 Å². The number of aryl methyl sites for hydroxylation is 2. The molecule has 0 saturated heterocycles. The van der Waals surface area contributed by atoms with Crippen LogP contribution in [0.2, 0.25) is 0 Å². The number of nitrogens with one attached hydrogen (secondary N) is 1. The maximum absolute atomic E-state index is 12.7. The van der Waals surface area contributed by atoms with E-state index in [2.05, 4.69) is 41.5 Å². The maximum Gasteiger partial charge on any atom is 0.239 e. The van der Waals surface area contributed by atoms with Gasteiger partial charge in [-0.2, -0.15) is 0 Å². The summed E-state index contributed by atoms with van der Waals surface area (Å²) in [5.41, 5.74) is 3.29. The monoisotopic (exact) mass is 402 g/mol. The number of hydrogen-bond acceptors (Lipinski definition) is 7. The lowest BCUT2D eigenvalue weighted by Crippen LogP contribution is -2.24. The highest BCUT2D eigenvalue weighted by atomic mass is 32.2. The number of hydrogen-bond donors (Lipinski definition) is 1. The second-order valence-electron chi connectivity index (χ2n) is 6.19. The zero-order valence-corrected chi connectivity index (χ0v) is 17.4. The van der Waals surface area contributed by atoms with Crippen molar-refractivity contribution in [1.82, 2.24) is 15.2 Å². The first kappa shape index (κ1) is 19.7. The topological polar surface area (TPSA) is 77.0 Å². The van der Waals surface area contributed by atoms with Crippen molar-refractivity contribution in [3.63, 3.8) is 0 Å². The SMILES string of the molecule is CCC(Sc1cc(C)c2cccc(C)c2n1)C(=O)Nc1nnc(COC)s1. The van der Waals surface area contributed by atoms with E-state index in [0.717, 1.165) is 32.1 Å². The quantitative estimate of drug-likeness (QED) is 0.592. The Morgan fingerprint density at radius 2 is 2.11 bits per heavy atom. The van der Waals surface area contributed by atoms with Crippen LogP contribution in [0.25, 0.3) is 10.9 Å². The fourth-order valence-electron chi connectivity index (χ4n) is 2.73. The van der Waals surface area contributed by atoms with Gasteiger partial charge in [0, 0.05) is 12.5 Å². The van der Waals surface area contributed by atoms with Gasteiger partial charge in [0.05, 0.1) is 15.8 Å². The predicted molar refractivity (Wildman–Crippen MR) is 110 cm³/mol. The van der Waals surface area contributed by atoms with Crippen LogP contribution in [-0.2, 0) is 16.1 Å². The molecule has 142 valence electrons. The normalized spacial score (nSPS) is 12.3. The number of benzene rings is 1.